The maximum Gasteiger partial charge on any atom is 0.254 e. The Labute approximate surface area is 121 Å². The number of carbonyl (C=O) groups excluding carboxylic acids is 2. The molecule has 0 aromatic carbocycles. The van der Waals surface area contributed by atoms with Gasteiger partial charge < -0.3 is 9.80 Å². The van der Waals surface area contributed by atoms with E-state index in [0.717, 1.165) is 5.56 Å². The highest BCUT2D eigenvalue weighted by Gasteiger charge is 2.24. The van der Waals surface area contributed by atoms with Gasteiger partial charge in [0.05, 0.1) is 5.56 Å². The van der Waals surface area contributed by atoms with Gasteiger partial charge in [-0.2, -0.15) is 11.3 Å². The van der Waals surface area contributed by atoms with E-state index >= 15 is 0 Å². The highest BCUT2D eigenvalue weighted by molar-refractivity contribution is 7.08. The van der Waals surface area contributed by atoms with Gasteiger partial charge in [0.2, 0.25) is 5.91 Å². The van der Waals surface area contributed by atoms with Gasteiger partial charge in [0, 0.05) is 43.9 Å². The predicted molar refractivity (Wildman–Crippen MR) is 76.8 cm³/mol. The first kappa shape index (κ1) is 14.3. The Balaban J connectivity index is 1.82. The van der Waals surface area contributed by atoms with Gasteiger partial charge in [-0.05, 0) is 17.9 Å². The SMILES string of the molecule is O=C(CCCCl)N1CCN(C(=O)c2ccsc2)CC1. The van der Waals surface area contributed by atoms with E-state index in [2.05, 4.69) is 0 Å². The molecule has 2 heterocycles. The number of hydrogen-bond acceptors (Lipinski definition) is 3. The van der Waals surface area contributed by atoms with Gasteiger partial charge >= 0.3 is 0 Å². The van der Waals surface area contributed by atoms with Gasteiger partial charge in [-0.1, -0.05) is 0 Å². The second kappa shape index (κ2) is 6.91. The topological polar surface area (TPSA) is 40.6 Å². The third-order valence-electron chi connectivity index (χ3n) is 3.21. The Kier molecular flexibility index (Phi) is 5.22. The molecule has 0 aliphatic carbocycles. The summed E-state index contributed by atoms with van der Waals surface area (Å²) in [5.74, 6) is 0.722. The number of thiophene rings is 1. The molecule has 2 rings (SSSR count). The van der Waals surface area contributed by atoms with Crippen LogP contribution in [-0.2, 0) is 4.79 Å². The van der Waals surface area contributed by atoms with E-state index in [1.807, 2.05) is 26.6 Å². The van der Waals surface area contributed by atoms with Crippen LogP contribution in [-0.4, -0.2) is 53.7 Å². The molecule has 0 unspecified atom stereocenters. The second-order valence-corrected chi connectivity index (χ2v) is 5.64. The van der Waals surface area contributed by atoms with Crippen LogP contribution in [0.2, 0.25) is 0 Å². The van der Waals surface area contributed by atoms with Crippen LogP contribution in [0.3, 0.4) is 0 Å². The minimum absolute atomic E-state index is 0.0640. The monoisotopic (exact) mass is 300 g/mol. The fourth-order valence-corrected chi connectivity index (χ4v) is 2.87. The number of hydrogen-bond donors (Lipinski definition) is 0. The Morgan fingerprint density at radius 2 is 1.89 bits per heavy atom. The molecule has 1 saturated heterocycles. The van der Waals surface area contributed by atoms with Crippen molar-refractivity contribution in [3.05, 3.63) is 22.4 Å². The van der Waals surface area contributed by atoms with Gasteiger partial charge in [0.15, 0.2) is 0 Å². The number of rotatable bonds is 4. The lowest BCUT2D eigenvalue weighted by atomic mass is 10.2. The van der Waals surface area contributed by atoms with Crippen molar-refractivity contribution in [2.45, 2.75) is 12.8 Å². The van der Waals surface area contributed by atoms with Crippen molar-refractivity contribution in [3.8, 4) is 0 Å². The summed E-state index contributed by atoms with van der Waals surface area (Å²) in [6.45, 7) is 2.47. The average molecular weight is 301 g/mol. The van der Waals surface area contributed by atoms with Crippen molar-refractivity contribution in [2.24, 2.45) is 0 Å². The van der Waals surface area contributed by atoms with Gasteiger partial charge in [-0.25, -0.2) is 0 Å². The molecular formula is C13H17ClN2O2S. The highest BCUT2D eigenvalue weighted by atomic mass is 35.5. The van der Waals surface area contributed by atoms with E-state index in [0.29, 0.717) is 44.9 Å². The molecule has 1 aliphatic rings. The molecule has 1 aromatic heterocycles. The number of halogens is 1. The van der Waals surface area contributed by atoms with Crippen LogP contribution in [0.15, 0.2) is 16.8 Å². The van der Waals surface area contributed by atoms with Crippen molar-refractivity contribution >= 4 is 34.8 Å². The van der Waals surface area contributed by atoms with Crippen LogP contribution in [0.1, 0.15) is 23.2 Å². The van der Waals surface area contributed by atoms with Crippen LogP contribution in [0.25, 0.3) is 0 Å². The predicted octanol–water partition coefficient (Wildman–Crippen LogP) is 2.05. The van der Waals surface area contributed by atoms with Crippen molar-refractivity contribution in [3.63, 3.8) is 0 Å². The molecule has 0 bridgehead atoms. The standard InChI is InChI=1S/C13H17ClN2O2S/c14-4-1-2-12(17)15-5-7-16(8-6-15)13(18)11-3-9-19-10-11/h3,9-10H,1-2,4-8H2. The molecule has 4 nitrogen and oxygen atoms in total. The summed E-state index contributed by atoms with van der Waals surface area (Å²) in [5, 5.41) is 3.76. The lowest BCUT2D eigenvalue weighted by molar-refractivity contribution is -0.132. The fraction of sp³-hybridized carbons (Fsp3) is 0.538. The molecule has 1 aromatic rings. The summed E-state index contributed by atoms with van der Waals surface area (Å²) >= 11 is 7.11. The Hall–Kier alpha value is -1.07. The molecule has 0 N–H and O–H groups in total. The zero-order valence-corrected chi connectivity index (χ0v) is 12.3. The summed E-state index contributed by atoms with van der Waals surface area (Å²) in [7, 11) is 0. The van der Waals surface area contributed by atoms with Crippen LogP contribution in [0.4, 0.5) is 0 Å². The van der Waals surface area contributed by atoms with Crippen molar-refractivity contribution in [1.82, 2.24) is 9.80 Å². The maximum atomic E-state index is 12.1. The van der Waals surface area contributed by atoms with Crippen molar-refractivity contribution in [1.29, 1.82) is 0 Å². The number of alkyl halides is 1. The molecule has 0 saturated carbocycles. The van der Waals surface area contributed by atoms with E-state index in [4.69, 9.17) is 11.6 Å². The minimum atomic E-state index is 0.0640. The lowest BCUT2D eigenvalue weighted by Gasteiger charge is -2.34. The van der Waals surface area contributed by atoms with Gasteiger partial charge in [0.1, 0.15) is 0 Å². The number of piperazine rings is 1. The molecule has 1 aliphatic heterocycles. The quantitative estimate of drug-likeness (QED) is 0.799. The highest BCUT2D eigenvalue weighted by Crippen LogP contribution is 2.12. The third kappa shape index (κ3) is 3.70. The first-order chi connectivity index (χ1) is 9.22. The zero-order chi connectivity index (χ0) is 13.7. The van der Waals surface area contributed by atoms with Crippen LogP contribution in [0.5, 0.6) is 0 Å². The van der Waals surface area contributed by atoms with Crippen LogP contribution >= 0.6 is 22.9 Å². The number of nitrogens with zero attached hydrogens (tertiary/aromatic N) is 2. The molecule has 0 atom stereocenters. The summed E-state index contributed by atoms with van der Waals surface area (Å²) in [5.41, 5.74) is 0.743. The summed E-state index contributed by atoms with van der Waals surface area (Å²) < 4.78 is 0. The van der Waals surface area contributed by atoms with Gasteiger partial charge in [-0.15, -0.1) is 11.6 Å². The molecule has 104 valence electrons. The van der Waals surface area contributed by atoms with E-state index < -0.39 is 0 Å². The number of carbonyl (C=O) groups is 2. The maximum absolute atomic E-state index is 12.1. The van der Waals surface area contributed by atoms with E-state index in [9.17, 15) is 9.59 Å². The fourth-order valence-electron chi connectivity index (χ4n) is 2.10. The van der Waals surface area contributed by atoms with E-state index in [1.54, 1.807) is 0 Å². The largest absolute Gasteiger partial charge is 0.339 e. The normalized spacial score (nSPS) is 15.6. The Morgan fingerprint density at radius 3 is 2.47 bits per heavy atom. The molecule has 6 heteroatoms. The third-order valence-corrected chi connectivity index (χ3v) is 4.16. The second-order valence-electron chi connectivity index (χ2n) is 4.48. The average Bonchev–Trinajstić information content (AvgIpc) is 2.98. The molecule has 1 fully saturated rings. The lowest BCUT2D eigenvalue weighted by Crippen LogP contribution is -2.50. The molecule has 0 radical (unpaired) electrons. The molecule has 0 spiro atoms. The number of amides is 2. The molecular weight excluding hydrogens is 284 g/mol. The van der Waals surface area contributed by atoms with Gasteiger partial charge in [-0.3, -0.25) is 9.59 Å². The molecule has 2 amide bonds. The first-order valence-electron chi connectivity index (χ1n) is 6.37. The smallest absolute Gasteiger partial charge is 0.254 e. The van der Waals surface area contributed by atoms with Crippen LogP contribution in [0, 0.1) is 0 Å². The van der Waals surface area contributed by atoms with Crippen LogP contribution < -0.4 is 0 Å². The van der Waals surface area contributed by atoms with E-state index in [-0.39, 0.29) is 11.8 Å². The summed E-state index contributed by atoms with van der Waals surface area (Å²) in [4.78, 5) is 27.6. The van der Waals surface area contributed by atoms with Crippen molar-refractivity contribution < 1.29 is 9.59 Å². The Bertz CT molecular complexity index is 428. The van der Waals surface area contributed by atoms with Gasteiger partial charge in [0.25, 0.3) is 5.91 Å². The first-order valence-corrected chi connectivity index (χ1v) is 7.85. The zero-order valence-electron chi connectivity index (χ0n) is 10.7. The minimum Gasteiger partial charge on any atom is -0.339 e. The summed E-state index contributed by atoms with van der Waals surface area (Å²) in [6, 6.07) is 1.84. The van der Waals surface area contributed by atoms with E-state index in [1.165, 1.54) is 11.3 Å². The Morgan fingerprint density at radius 1 is 1.21 bits per heavy atom. The summed E-state index contributed by atoms with van der Waals surface area (Å²) in [6.07, 6.45) is 1.22. The molecule has 19 heavy (non-hydrogen) atoms. The van der Waals surface area contributed by atoms with Crippen molar-refractivity contribution in [2.75, 3.05) is 32.1 Å².